The summed E-state index contributed by atoms with van der Waals surface area (Å²) in [5, 5.41) is 9.42. The minimum absolute atomic E-state index is 0.0377. The molecule has 0 saturated heterocycles. The summed E-state index contributed by atoms with van der Waals surface area (Å²) in [6.07, 6.45) is 0. The molecule has 1 aromatic heterocycles. The van der Waals surface area contributed by atoms with Crippen molar-refractivity contribution in [3.63, 3.8) is 0 Å². The number of aromatic nitrogens is 2. The number of hydrogen-bond donors (Lipinski definition) is 2. The van der Waals surface area contributed by atoms with Crippen LogP contribution in [-0.4, -0.2) is 17.1 Å². The zero-order valence-electron chi connectivity index (χ0n) is 13.4. The van der Waals surface area contributed by atoms with Gasteiger partial charge >= 0.3 is 0 Å². The monoisotopic (exact) mass is 349 g/mol. The van der Waals surface area contributed by atoms with E-state index >= 15 is 0 Å². The first-order chi connectivity index (χ1) is 12.1. The summed E-state index contributed by atoms with van der Waals surface area (Å²) < 4.78 is 5.18. The molecule has 25 heavy (non-hydrogen) atoms. The molecular formula is C18H15N5OS. The Morgan fingerprint density at radius 3 is 2.44 bits per heavy atom. The van der Waals surface area contributed by atoms with E-state index in [1.807, 2.05) is 48.5 Å². The quantitative estimate of drug-likeness (QED) is 0.743. The minimum atomic E-state index is 0.0377. The Morgan fingerprint density at radius 2 is 1.76 bits per heavy atom. The van der Waals surface area contributed by atoms with Crippen LogP contribution in [0.25, 0.3) is 11.3 Å². The zero-order valence-corrected chi connectivity index (χ0v) is 14.2. The molecule has 0 spiro atoms. The van der Waals surface area contributed by atoms with E-state index in [0.29, 0.717) is 5.69 Å². The van der Waals surface area contributed by atoms with E-state index in [1.54, 1.807) is 18.9 Å². The molecule has 4 N–H and O–H groups in total. The summed E-state index contributed by atoms with van der Waals surface area (Å²) in [5.41, 5.74) is 13.0. The first kappa shape index (κ1) is 16.6. The molecule has 0 aliphatic rings. The third kappa shape index (κ3) is 3.49. The standard InChI is InChI=1S/C18H15N5OS/c1-24-11-6-8-12(9-7-11)25-15-5-3-2-4-13(15)16-14(10-19)17(20)23-18(21)22-16/h2-9H,1H3,(H4,20,21,22,23). The van der Waals surface area contributed by atoms with Gasteiger partial charge < -0.3 is 16.2 Å². The molecule has 0 fully saturated rings. The van der Waals surface area contributed by atoms with Crippen molar-refractivity contribution in [3.05, 3.63) is 54.1 Å². The van der Waals surface area contributed by atoms with Crippen molar-refractivity contribution < 1.29 is 4.74 Å². The second-order valence-electron chi connectivity index (χ2n) is 5.08. The number of nitriles is 1. The SMILES string of the molecule is COc1ccc(Sc2ccccc2-c2nc(N)nc(N)c2C#N)cc1. The number of nitrogens with zero attached hydrogens (tertiary/aromatic N) is 3. The Labute approximate surface area is 149 Å². The lowest BCUT2D eigenvalue weighted by molar-refractivity contribution is 0.414. The lowest BCUT2D eigenvalue weighted by Crippen LogP contribution is -2.05. The highest BCUT2D eigenvalue weighted by molar-refractivity contribution is 7.99. The van der Waals surface area contributed by atoms with Crippen LogP contribution in [0.5, 0.6) is 5.75 Å². The van der Waals surface area contributed by atoms with Gasteiger partial charge in [0.2, 0.25) is 5.95 Å². The summed E-state index contributed by atoms with van der Waals surface area (Å²) in [4.78, 5) is 10.1. The number of rotatable bonds is 4. The van der Waals surface area contributed by atoms with Gasteiger partial charge in [0, 0.05) is 15.4 Å². The van der Waals surface area contributed by atoms with Gasteiger partial charge in [0.25, 0.3) is 0 Å². The lowest BCUT2D eigenvalue weighted by atomic mass is 10.1. The molecule has 0 aliphatic carbocycles. The van der Waals surface area contributed by atoms with E-state index in [2.05, 4.69) is 16.0 Å². The number of nitrogens with two attached hydrogens (primary N) is 2. The van der Waals surface area contributed by atoms with Crippen LogP contribution in [-0.2, 0) is 0 Å². The summed E-state index contributed by atoms with van der Waals surface area (Å²) in [7, 11) is 1.63. The Hall–Kier alpha value is -3.24. The largest absolute Gasteiger partial charge is 0.497 e. The average molecular weight is 349 g/mol. The molecule has 0 bridgehead atoms. The van der Waals surface area contributed by atoms with Gasteiger partial charge in [0.15, 0.2) is 0 Å². The van der Waals surface area contributed by atoms with Crippen LogP contribution in [0, 0.1) is 11.3 Å². The van der Waals surface area contributed by atoms with E-state index in [-0.39, 0.29) is 17.3 Å². The second-order valence-corrected chi connectivity index (χ2v) is 6.19. The van der Waals surface area contributed by atoms with Gasteiger partial charge in [-0.3, -0.25) is 0 Å². The Morgan fingerprint density at radius 1 is 1.04 bits per heavy atom. The maximum atomic E-state index is 9.42. The van der Waals surface area contributed by atoms with Crippen molar-refractivity contribution in [2.75, 3.05) is 18.6 Å². The number of nitrogen functional groups attached to an aromatic ring is 2. The van der Waals surface area contributed by atoms with Crippen molar-refractivity contribution >= 4 is 23.5 Å². The molecule has 3 aromatic rings. The molecule has 0 radical (unpaired) electrons. The van der Waals surface area contributed by atoms with Crippen LogP contribution in [0.3, 0.4) is 0 Å². The second kappa shape index (κ2) is 7.11. The molecule has 7 heteroatoms. The van der Waals surface area contributed by atoms with Crippen LogP contribution in [0.4, 0.5) is 11.8 Å². The fourth-order valence-electron chi connectivity index (χ4n) is 2.32. The Kier molecular flexibility index (Phi) is 4.73. The van der Waals surface area contributed by atoms with Crippen LogP contribution in [0.15, 0.2) is 58.3 Å². The van der Waals surface area contributed by atoms with Crippen LogP contribution >= 0.6 is 11.8 Å². The molecule has 0 atom stereocenters. The zero-order chi connectivity index (χ0) is 17.8. The van der Waals surface area contributed by atoms with Crippen LogP contribution < -0.4 is 16.2 Å². The molecule has 0 saturated carbocycles. The summed E-state index contributed by atoms with van der Waals surface area (Å²) >= 11 is 1.55. The maximum absolute atomic E-state index is 9.42. The van der Waals surface area contributed by atoms with Crippen molar-refractivity contribution in [1.82, 2.24) is 9.97 Å². The normalized spacial score (nSPS) is 10.2. The third-order valence-electron chi connectivity index (χ3n) is 3.50. The summed E-state index contributed by atoms with van der Waals surface area (Å²) in [6.45, 7) is 0. The van der Waals surface area contributed by atoms with Gasteiger partial charge in [-0.05, 0) is 30.3 Å². The molecule has 0 amide bonds. The van der Waals surface area contributed by atoms with Gasteiger partial charge in [0.1, 0.15) is 23.2 Å². The topological polar surface area (TPSA) is 111 Å². The average Bonchev–Trinajstić information content (AvgIpc) is 2.62. The predicted molar refractivity (Wildman–Crippen MR) is 98.1 cm³/mol. The highest BCUT2D eigenvalue weighted by atomic mass is 32.2. The molecule has 0 unspecified atom stereocenters. The molecular weight excluding hydrogens is 334 g/mol. The van der Waals surface area contributed by atoms with Gasteiger partial charge in [-0.2, -0.15) is 10.2 Å². The van der Waals surface area contributed by atoms with Crippen molar-refractivity contribution in [1.29, 1.82) is 5.26 Å². The predicted octanol–water partition coefficient (Wildman–Crippen LogP) is 3.34. The first-order valence-corrected chi connectivity index (χ1v) is 8.18. The fourth-order valence-corrected chi connectivity index (χ4v) is 3.27. The molecule has 2 aromatic carbocycles. The summed E-state index contributed by atoms with van der Waals surface area (Å²) in [6, 6.07) is 17.4. The smallest absolute Gasteiger partial charge is 0.222 e. The number of hydrogen-bond acceptors (Lipinski definition) is 7. The van der Waals surface area contributed by atoms with Crippen LogP contribution in [0.1, 0.15) is 5.56 Å². The minimum Gasteiger partial charge on any atom is -0.497 e. The van der Waals surface area contributed by atoms with Gasteiger partial charge in [-0.1, -0.05) is 30.0 Å². The van der Waals surface area contributed by atoms with Gasteiger partial charge in [0.05, 0.1) is 12.8 Å². The van der Waals surface area contributed by atoms with Gasteiger partial charge in [-0.15, -0.1) is 0 Å². The lowest BCUT2D eigenvalue weighted by Gasteiger charge is -2.11. The van der Waals surface area contributed by atoms with E-state index in [0.717, 1.165) is 21.1 Å². The van der Waals surface area contributed by atoms with Gasteiger partial charge in [-0.25, -0.2) is 4.98 Å². The van der Waals surface area contributed by atoms with E-state index in [4.69, 9.17) is 16.2 Å². The van der Waals surface area contributed by atoms with Crippen molar-refractivity contribution in [2.45, 2.75) is 9.79 Å². The first-order valence-electron chi connectivity index (χ1n) is 7.36. The molecule has 0 aliphatic heterocycles. The number of methoxy groups -OCH3 is 1. The number of benzene rings is 2. The molecule has 1 heterocycles. The van der Waals surface area contributed by atoms with Crippen LogP contribution in [0.2, 0.25) is 0 Å². The molecule has 6 nitrogen and oxygen atoms in total. The fraction of sp³-hybridized carbons (Fsp3) is 0.0556. The highest BCUT2D eigenvalue weighted by Crippen LogP contribution is 2.37. The maximum Gasteiger partial charge on any atom is 0.222 e. The van der Waals surface area contributed by atoms with E-state index < -0.39 is 0 Å². The highest BCUT2D eigenvalue weighted by Gasteiger charge is 2.16. The van der Waals surface area contributed by atoms with Crippen molar-refractivity contribution in [3.8, 4) is 23.1 Å². The summed E-state index contributed by atoms with van der Waals surface area (Å²) in [5.74, 6) is 0.908. The number of anilines is 2. The Balaban J connectivity index is 2.06. The Bertz CT molecular complexity index is 951. The molecule has 124 valence electrons. The number of ether oxygens (including phenoxy) is 1. The molecule has 3 rings (SSSR count). The van der Waals surface area contributed by atoms with Crippen molar-refractivity contribution in [2.24, 2.45) is 0 Å². The van der Waals surface area contributed by atoms with E-state index in [9.17, 15) is 5.26 Å². The third-order valence-corrected chi connectivity index (χ3v) is 4.58. The van der Waals surface area contributed by atoms with E-state index in [1.165, 1.54) is 0 Å².